The quantitative estimate of drug-likeness (QED) is 0.578. The normalized spacial score (nSPS) is 9.82. The Balaban J connectivity index is 0. The summed E-state index contributed by atoms with van der Waals surface area (Å²) in [6, 6.07) is 0. The van der Waals surface area contributed by atoms with Crippen LogP contribution < -0.4 is 5.11 Å². The summed E-state index contributed by atoms with van der Waals surface area (Å²) in [5, 5.41) is 23.7. The smallest absolute Gasteiger partial charge is 0.249 e. The molecule has 0 rings (SSSR count). The van der Waals surface area contributed by atoms with E-state index in [9.17, 15) is 0 Å². The zero-order chi connectivity index (χ0) is 9.49. The Hall–Kier alpha value is -0.340. The van der Waals surface area contributed by atoms with Crippen LogP contribution in [-0.4, -0.2) is 49.1 Å². The first-order chi connectivity index (χ1) is 4.79. The van der Waals surface area contributed by atoms with Crippen molar-refractivity contribution < 1.29 is 20.1 Å². The van der Waals surface area contributed by atoms with Gasteiger partial charge >= 0.3 is 0 Å². The topological polar surface area (TPSA) is 80.6 Å². The van der Waals surface area contributed by atoms with Crippen molar-refractivity contribution in [2.45, 2.75) is 0 Å². The second-order valence-corrected chi connectivity index (χ2v) is 8.03. The molecular formula is C6H15O4P. The van der Waals surface area contributed by atoms with Gasteiger partial charge in [0.15, 0.2) is 0 Å². The third kappa shape index (κ3) is 42.3. The third-order valence-electron chi connectivity index (χ3n) is 0.771. The highest BCUT2D eigenvalue weighted by molar-refractivity contribution is 7.73. The maximum absolute atomic E-state index is 8.44. The summed E-state index contributed by atoms with van der Waals surface area (Å²) < 4.78 is 0. The van der Waals surface area contributed by atoms with Crippen LogP contribution in [0, 0.1) is 0 Å². The number of hydrogen-bond donors (Lipinski definition) is 2. The van der Waals surface area contributed by atoms with Crippen molar-refractivity contribution in [3.63, 3.8) is 0 Å². The third-order valence-corrected chi connectivity index (χ3v) is 2.31. The Labute approximate surface area is 67.2 Å². The molecule has 0 saturated heterocycles. The standard InChI is InChI=1S/C5H14OP.CH2O3/c1-7(2,3)5-4-6;2-1(3)4/h6H,4-5H2,1-3H3;(H2,2,3,4)/q+1;/p-1. The molecule has 0 aliphatic rings. The molecule has 0 fully saturated rings. The molecule has 11 heavy (non-hydrogen) atoms. The van der Waals surface area contributed by atoms with Crippen molar-refractivity contribution in [3.8, 4) is 0 Å². The molecule has 0 amide bonds. The second kappa shape index (κ2) is 6.38. The maximum Gasteiger partial charge on any atom is 0.249 e. The Morgan fingerprint density at radius 3 is 1.73 bits per heavy atom. The molecule has 0 aromatic heterocycles. The molecule has 5 heteroatoms. The molecule has 0 aromatic carbocycles. The van der Waals surface area contributed by atoms with Gasteiger partial charge in [-0.05, 0) is 0 Å². The lowest BCUT2D eigenvalue weighted by Gasteiger charge is -2.07. The van der Waals surface area contributed by atoms with Crippen LogP contribution in [-0.2, 0) is 0 Å². The van der Waals surface area contributed by atoms with Gasteiger partial charge in [0.2, 0.25) is 6.16 Å². The number of carbonyl (C=O) groups is 1. The minimum atomic E-state index is -2.08. The first-order valence-corrected chi connectivity index (χ1v) is 6.42. The van der Waals surface area contributed by atoms with Crippen molar-refractivity contribution in [2.24, 2.45) is 0 Å². The van der Waals surface area contributed by atoms with Gasteiger partial charge in [-0.2, -0.15) is 0 Å². The van der Waals surface area contributed by atoms with E-state index in [1.807, 2.05) is 0 Å². The van der Waals surface area contributed by atoms with Gasteiger partial charge in [-0.1, -0.05) is 0 Å². The van der Waals surface area contributed by atoms with E-state index in [1.165, 1.54) is 0 Å². The van der Waals surface area contributed by atoms with Gasteiger partial charge in [0, 0.05) is 27.3 Å². The number of hydrogen-bond acceptors (Lipinski definition) is 3. The highest BCUT2D eigenvalue weighted by Gasteiger charge is 2.14. The summed E-state index contributed by atoms with van der Waals surface area (Å²) in [6.45, 7) is 7.03. The molecule has 0 bridgehead atoms. The Bertz CT molecular complexity index is 104. The fourth-order valence-electron chi connectivity index (χ4n) is 0.300. The van der Waals surface area contributed by atoms with Crippen LogP contribution in [0.5, 0.6) is 0 Å². The van der Waals surface area contributed by atoms with E-state index in [-0.39, 0.29) is 0 Å². The molecule has 0 aliphatic carbocycles. The van der Waals surface area contributed by atoms with E-state index in [0.29, 0.717) is 6.61 Å². The highest BCUT2D eigenvalue weighted by atomic mass is 31.2. The van der Waals surface area contributed by atoms with Crippen molar-refractivity contribution in [1.82, 2.24) is 0 Å². The van der Waals surface area contributed by atoms with Crippen LogP contribution in [0.15, 0.2) is 0 Å². The van der Waals surface area contributed by atoms with Crippen LogP contribution in [0.3, 0.4) is 0 Å². The molecule has 0 aromatic rings. The van der Waals surface area contributed by atoms with Crippen LogP contribution in [0.4, 0.5) is 4.79 Å². The number of rotatable bonds is 2. The number of carboxylic acid groups (broad SMARTS) is 2. The lowest BCUT2D eigenvalue weighted by Crippen LogP contribution is -2.17. The molecule has 0 atom stereocenters. The first kappa shape index (κ1) is 13.3. The SMILES string of the molecule is C[P+](C)(C)CCO.O=C([O-])O. The van der Waals surface area contributed by atoms with E-state index in [2.05, 4.69) is 20.0 Å². The molecular weight excluding hydrogens is 167 g/mol. The summed E-state index contributed by atoms with van der Waals surface area (Å²) in [5.74, 6) is 0. The zero-order valence-electron chi connectivity index (χ0n) is 7.07. The molecule has 2 N–H and O–H groups in total. The number of aliphatic hydroxyl groups excluding tert-OH is 1. The van der Waals surface area contributed by atoms with Gasteiger partial charge in [0.25, 0.3) is 0 Å². The first-order valence-electron chi connectivity index (χ1n) is 3.11. The molecule has 0 aliphatic heterocycles. The van der Waals surface area contributed by atoms with Gasteiger partial charge in [-0.25, -0.2) is 0 Å². The Kier molecular flexibility index (Phi) is 7.69. The number of aliphatic hydroxyl groups is 1. The van der Waals surface area contributed by atoms with Crippen LogP contribution >= 0.6 is 7.26 Å². The van der Waals surface area contributed by atoms with Gasteiger partial charge in [-0.3, -0.25) is 0 Å². The molecule has 0 radical (unpaired) electrons. The van der Waals surface area contributed by atoms with Gasteiger partial charge in [-0.15, -0.1) is 0 Å². The predicted molar refractivity (Wildman–Crippen MR) is 44.7 cm³/mol. The van der Waals surface area contributed by atoms with Crippen molar-refractivity contribution in [1.29, 1.82) is 0 Å². The fraction of sp³-hybridized carbons (Fsp3) is 0.833. The van der Waals surface area contributed by atoms with Crippen molar-refractivity contribution in [2.75, 3.05) is 32.8 Å². The van der Waals surface area contributed by atoms with E-state index in [4.69, 9.17) is 20.1 Å². The molecule has 0 saturated carbocycles. The lowest BCUT2D eigenvalue weighted by molar-refractivity contribution is -0.275. The molecule has 0 spiro atoms. The zero-order valence-corrected chi connectivity index (χ0v) is 7.97. The lowest BCUT2D eigenvalue weighted by atomic mass is 10.9. The Morgan fingerprint density at radius 1 is 1.45 bits per heavy atom. The van der Waals surface area contributed by atoms with Crippen LogP contribution in [0.25, 0.3) is 0 Å². The van der Waals surface area contributed by atoms with Gasteiger partial charge in [0.05, 0.1) is 12.8 Å². The van der Waals surface area contributed by atoms with E-state index >= 15 is 0 Å². The van der Waals surface area contributed by atoms with Crippen LogP contribution in [0.2, 0.25) is 0 Å². The summed E-state index contributed by atoms with van der Waals surface area (Å²) in [4.78, 5) is 8.44. The maximum atomic E-state index is 8.44. The molecule has 0 unspecified atom stereocenters. The monoisotopic (exact) mass is 182 g/mol. The Morgan fingerprint density at radius 2 is 1.73 bits per heavy atom. The van der Waals surface area contributed by atoms with Crippen molar-refractivity contribution >= 4 is 13.4 Å². The average molecular weight is 182 g/mol. The highest BCUT2D eigenvalue weighted by Crippen LogP contribution is 2.45. The summed E-state index contributed by atoms with van der Waals surface area (Å²) >= 11 is 0. The molecule has 68 valence electrons. The minimum Gasteiger partial charge on any atom is -0.565 e. The summed E-state index contributed by atoms with van der Waals surface area (Å²) in [6.07, 6.45) is -1.08. The van der Waals surface area contributed by atoms with Gasteiger partial charge < -0.3 is 20.1 Å². The van der Waals surface area contributed by atoms with Crippen LogP contribution in [0.1, 0.15) is 0 Å². The summed E-state index contributed by atoms with van der Waals surface area (Å²) in [5.41, 5.74) is 0. The average Bonchev–Trinajstić information content (AvgIpc) is 1.58. The summed E-state index contributed by atoms with van der Waals surface area (Å²) in [7, 11) is -0.666. The molecule has 0 heterocycles. The van der Waals surface area contributed by atoms with E-state index < -0.39 is 13.4 Å². The largest absolute Gasteiger partial charge is 0.565 e. The van der Waals surface area contributed by atoms with Crippen molar-refractivity contribution in [3.05, 3.63) is 0 Å². The predicted octanol–water partition coefficient (Wildman–Crippen LogP) is -0.227. The minimum absolute atomic E-state index is 0.358. The molecule has 4 nitrogen and oxygen atoms in total. The second-order valence-electron chi connectivity index (χ2n) is 3.00. The van der Waals surface area contributed by atoms with Gasteiger partial charge in [0.1, 0.15) is 0 Å². The fourth-order valence-corrected chi connectivity index (χ4v) is 0.900. The van der Waals surface area contributed by atoms with E-state index in [0.717, 1.165) is 6.16 Å². The van der Waals surface area contributed by atoms with E-state index in [1.54, 1.807) is 0 Å².